The third-order valence-electron chi connectivity index (χ3n) is 4.06. The van der Waals surface area contributed by atoms with E-state index in [1.807, 2.05) is 37.3 Å². The van der Waals surface area contributed by atoms with E-state index in [1.54, 1.807) is 7.11 Å². The molecule has 0 bridgehead atoms. The van der Waals surface area contributed by atoms with Gasteiger partial charge in [0.1, 0.15) is 23.2 Å². The standard InChI is InChI=1S/C21H24N4O/c1-14(2)16-9-11-17(12-10-16)24-20-13-21(23-15(3)22-20)25-18-7-5-6-8-19(18)26-4/h5-14H,1-4H3,(H2,22,23,24,25). The molecule has 2 aromatic carbocycles. The number of anilines is 4. The van der Waals surface area contributed by atoms with E-state index in [-0.39, 0.29) is 0 Å². The van der Waals surface area contributed by atoms with Gasteiger partial charge in [-0.05, 0) is 42.7 Å². The van der Waals surface area contributed by atoms with Gasteiger partial charge < -0.3 is 15.4 Å². The van der Waals surface area contributed by atoms with Gasteiger partial charge in [-0.1, -0.05) is 38.1 Å². The number of rotatable bonds is 6. The van der Waals surface area contributed by atoms with Gasteiger partial charge in [-0.25, -0.2) is 9.97 Å². The van der Waals surface area contributed by atoms with E-state index in [4.69, 9.17) is 4.74 Å². The van der Waals surface area contributed by atoms with Gasteiger partial charge in [-0.3, -0.25) is 0 Å². The van der Waals surface area contributed by atoms with Gasteiger partial charge >= 0.3 is 0 Å². The Morgan fingerprint density at radius 1 is 0.885 bits per heavy atom. The summed E-state index contributed by atoms with van der Waals surface area (Å²) in [4.78, 5) is 8.94. The first-order valence-electron chi connectivity index (χ1n) is 8.68. The number of para-hydroxylation sites is 2. The number of ether oxygens (including phenoxy) is 1. The summed E-state index contributed by atoms with van der Waals surface area (Å²) in [6, 6.07) is 18.0. The predicted octanol–water partition coefficient (Wildman–Crippen LogP) is 5.40. The van der Waals surface area contributed by atoms with E-state index in [2.05, 4.69) is 58.7 Å². The lowest BCUT2D eigenvalue weighted by Gasteiger charge is -2.13. The largest absolute Gasteiger partial charge is 0.495 e. The normalized spacial score (nSPS) is 10.7. The Morgan fingerprint density at radius 3 is 2.19 bits per heavy atom. The quantitative estimate of drug-likeness (QED) is 0.624. The second kappa shape index (κ2) is 7.87. The van der Waals surface area contributed by atoms with E-state index in [0.29, 0.717) is 17.6 Å². The van der Waals surface area contributed by atoms with Gasteiger partial charge in [-0.15, -0.1) is 0 Å². The number of hydrogen-bond acceptors (Lipinski definition) is 5. The zero-order valence-electron chi connectivity index (χ0n) is 15.6. The Morgan fingerprint density at radius 2 is 1.54 bits per heavy atom. The van der Waals surface area contributed by atoms with Crippen LogP contribution in [0.25, 0.3) is 0 Å². The van der Waals surface area contributed by atoms with Crippen LogP contribution in [-0.2, 0) is 0 Å². The Hall–Kier alpha value is -3.08. The summed E-state index contributed by atoms with van der Waals surface area (Å²) in [5.41, 5.74) is 3.17. The fraction of sp³-hybridized carbons (Fsp3) is 0.238. The summed E-state index contributed by atoms with van der Waals surface area (Å²) < 4.78 is 5.38. The first-order chi connectivity index (χ1) is 12.5. The third-order valence-corrected chi connectivity index (χ3v) is 4.06. The molecular formula is C21H24N4O. The van der Waals surface area contributed by atoms with E-state index in [1.165, 1.54) is 5.56 Å². The van der Waals surface area contributed by atoms with Crippen molar-refractivity contribution in [3.05, 3.63) is 66.0 Å². The highest BCUT2D eigenvalue weighted by molar-refractivity contribution is 5.67. The maximum atomic E-state index is 5.38. The van der Waals surface area contributed by atoms with Crippen molar-refractivity contribution in [3.8, 4) is 5.75 Å². The summed E-state index contributed by atoms with van der Waals surface area (Å²) in [6.07, 6.45) is 0. The third kappa shape index (κ3) is 4.30. The van der Waals surface area contributed by atoms with E-state index < -0.39 is 0 Å². The van der Waals surface area contributed by atoms with Crippen LogP contribution in [0.5, 0.6) is 5.75 Å². The molecule has 0 unspecified atom stereocenters. The molecule has 0 spiro atoms. The van der Waals surface area contributed by atoms with Gasteiger partial charge in [0.15, 0.2) is 0 Å². The minimum atomic E-state index is 0.516. The molecule has 26 heavy (non-hydrogen) atoms. The average molecular weight is 348 g/mol. The molecule has 0 radical (unpaired) electrons. The van der Waals surface area contributed by atoms with Crippen molar-refractivity contribution >= 4 is 23.0 Å². The Kier molecular flexibility index (Phi) is 5.37. The van der Waals surface area contributed by atoms with Crippen molar-refractivity contribution in [1.82, 2.24) is 9.97 Å². The van der Waals surface area contributed by atoms with Crippen LogP contribution in [0.4, 0.5) is 23.0 Å². The van der Waals surface area contributed by atoms with Crippen molar-refractivity contribution in [3.63, 3.8) is 0 Å². The highest BCUT2D eigenvalue weighted by Gasteiger charge is 2.07. The molecule has 0 amide bonds. The molecule has 0 fully saturated rings. The Labute approximate surface area is 154 Å². The molecule has 0 aliphatic heterocycles. The predicted molar refractivity (Wildman–Crippen MR) is 107 cm³/mol. The van der Waals surface area contributed by atoms with E-state index in [9.17, 15) is 0 Å². The number of benzene rings is 2. The molecule has 3 rings (SSSR count). The lowest BCUT2D eigenvalue weighted by Crippen LogP contribution is -2.02. The fourth-order valence-corrected chi connectivity index (χ4v) is 2.68. The minimum absolute atomic E-state index is 0.516. The SMILES string of the molecule is COc1ccccc1Nc1cc(Nc2ccc(C(C)C)cc2)nc(C)n1. The molecule has 5 heteroatoms. The van der Waals surface area contributed by atoms with Gasteiger partial charge in [0.2, 0.25) is 0 Å². The van der Waals surface area contributed by atoms with Crippen molar-refractivity contribution in [1.29, 1.82) is 0 Å². The molecule has 0 saturated carbocycles. The van der Waals surface area contributed by atoms with Gasteiger partial charge in [-0.2, -0.15) is 0 Å². The molecule has 134 valence electrons. The average Bonchev–Trinajstić information content (AvgIpc) is 2.62. The van der Waals surface area contributed by atoms with Gasteiger partial charge in [0.05, 0.1) is 12.8 Å². The van der Waals surface area contributed by atoms with Gasteiger partial charge in [0.25, 0.3) is 0 Å². The van der Waals surface area contributed by atoms with E-state index in [0.717, 1.165) is 22.9 Å². The summed E-state index contributed by atoms with van der Waals surface area (Å²) in [7, 11) is 1.65. The number of nitrogens with zero attached hydrogens (tertiary/aromatic N) is 2. The maximum absolute atomic E-state index is 5.38. The molecule has 3 aromatic rings. The highest BCUT2D eigenvalue weighted by Crippen LogP contribution is 2.27. The van der Waals surface area contributed by atoms with Crippen LogP contribution in [0.15, 0.2) is 54.6 Å². The van der Waals surface area contributed by atoms with Crippen molar-refractivity contribution in [2.45, 2.75) is 26.7 Å². The highest BCUT2D eigenvalue weighted by atomic mass is 16.5. The fourth-order valence-electron chi connectivity index (χ4n) is 2.68. The van der Waals surface area contributed by atoms with Crippen LogP contribution >= 0.6 is 0 Å². The number of aryl methyl sites for hydroxylation is 1. The van der Waals surface area contributed by atoms with Crippen LogP contribution < -0.4 is 15.4 Å². The molecule has 0 aliphatic rings. The number of nitrogens with one attached hydrogen (secondary N) is 2. The zero-order chi connectivity index (χ0) is 18.5. The Bertz CT molecular complexity index is 875. The van der Waals surface area contributed by atoms with Crippen molar-refractivity contribution < 1.29 is 4.74 Å². The van der Waals surface area contributed by atoms with Crippen LogP contribution in [0.1, 0.15) is 31.2 Å². The molecule has 2 N–H and O–H groups in total. The smallest absolute Gasteiger partial charge is 0.142 e. The summed E-state index contributed by atoms with van der Waals surface area (Å²) in [5.74, 6) is 3.42. The lowest BCUT2D eigenvalue weighted by molar-refractivity contribution is 0.417. The van der Waals surface area contributed by atoms with Crippen molar-refractivity contribution in [2.75, 3.05) is 17.7 Å². The molecule has 0 aliphatic carbocycles. The number of hydrogen-bond donors (Lipinski definition) is 2. The second-order valence-electron chi connectivity index (χ2n) is 6.41. The summed E-state index contributed by atoms with van der Waals surface area (Å²) in [5, 5.41) is 6.64. The van der Waals surface area contributed by atoms with Crippen LogP contribution in [0, 0.1) is 6.92 Å². The summed E-state index contributed by atoms with van der Waals surface area (Å²) in [6.45, 7) is 6.25. The minimum Gasteiger partial charge on any atom is -0.495 e. The van der Waals surface area contributed by atoms with Crippen LogP contribution in [0.2, 0.25) is 0 Å². The number of aromatic nitrogens is 2. The molecule has 1 heterocycles. The van der Waals surface area contributed by atoms with Crippen LogP contribution in [-0.4, -0.2) is 17.1 Å². The van der Waals surface area contributed by atoms with Gasteiger partial charge in [0, 0.05) is 11.8 Å². The summed E-state index contributed by atoms with van der Waals surface area (Å²) >= 11 is 0. The Balaban J connectivity index is 1.81. The lowest BCUT2D eigenvalue weighted by atomic mass is 10.0. The molecule has 0 atom stereocenters. The topological polar surface area (TPSA) is 59.1 Å². The maximum Gasteiger partial charge on any atom is 0.142 e. The van der Waals surface area contributed by atoms with E-state index >= 15 is 0 Å². The first-order valence-corrected chi connectivity index (χ1v) is 8.68. The zero-order valence-corrected chi connectivity index (χ0v) is 15.6. The molecule has 5 nitrogen and oxygen atoms in total. The second-order valence-corrected chi connectivity index (χ2v) is 6.41. The molecule has 0 saturated heterocycles. The number of methoxy groups -OCH3 is 1. The van der Waals surface area contributed by atoms with Crippen molar-refractivity contribution in [2.24, 2.45) is 0 Å². The molecular weight excluding hydrogens is 324 g/mol. The first kappa shape index (κ1) is 17.7. The van der Waals surface area contributed by atoms with Crippen LogP contribution in [0.3, 0.4) is 0 Å². The monoisotopic (exact) mass is 348 g/mol. The molecule has 1 aromatic heterocycles.